The highest BCUT2D eigenvalue weighted by molar-refractivity contribution is 7.18. The Hall–Kier alpha value is -1.92. The molecule has 3 aromatic rings. The largest absolute Gasteiger partial charge is 0.435 e. The molecule has 0 radical (unpaired) electrons. The second kappa shape index (κ2) is 4.88. The highest BCUT2D eigenvalue weighted by Gasteiger charge is 2.14. The van der Waals surface area contributed by atoms with Crippen molar-refractivity contribution in [3.8, 4) is 11.6 Å². The van der Waals surface area contributed by atoms with E-state index in [4.69, 9.17) is 22.1 Å². The minimum absolute atomic E-state index is 0.000697. The summed E-state index contributed by atoms with van der Waals surface area (Å²) in [7, 11) is 0. The van der Waals surface area contributed by atoms with E-state index in [0.29, 0.717) is 10.2 Å². The highest BCUT2D eigenvalue weighted by Crippen LogP contribution is 2.35. The first-order chi connectivity index (χ1) is 9.54. The lowest BCUT2D eigenvalue weighted by Gasteiger charge is -2.07. The fourth-order valence-corrected chi connectivity index (χ4v) is 2.82. The Balaban J connectivity index is 2.12. The van der Waals surface area contributed by atoms with Crippen LogP contribution in [0.5, 0.6) is 11.6 Å². The number of ether oxygens (including phenoxy) is 1. The molecule has 0 spiro atoms. The molecule has 0 atom stereocenters. The molecule has 0 saturated carbocycles. The molecule has 0 fully saturated rings. The van der Waals surface area contributed by atoms with Crippen LogP contribution in [0.3, 0.4) is 0 Å². The van der Waals surface area contributed by atoms with Crippen LogP contribution in [0, 0.1) is 12.7 Å². The van der Waals surface area contributed by atoms with Crippen LogP contribution in [0.1, 0.15) is 4.88 Å². The smallest absolute Gasteiger partial charge is 0.233 e. The first-order valence-corrected chi connectivity index (χ1v) is 6.89. The lowest BCUT2D eigenvalue weighted by atomic mass is 10.3. The molecule has 1 aromatic carbocycles. The third-order valence-corrected chi connectivity index (χ3v) is 3.86. The Labute approximate surface area is 123 Å². The topological polar surface area (TPSA) is 61.0 Å². The minimum atomic E-state index is -0.633. The zero-order valence-electron chi connectivity index (χ0n) is 10.4. The number of anilines is 1. The maximum atomic E-state index is 13.9. The fourth-order valence-electron chi connectivity index (χ4n) is 1.78. The van der Waals surface area contributed by atoms with Gasteiger partial charge in [0.2, 0.25) is 11.8 Å². The molecule has 20 heavy (non-hydrogen) atoms. The number of nitrogen functional groups attached to an aromatic ring is 1. The zero-order chi connectivity index (χ0) is 14.3. The van der Waals surface area contributed by atoms with Crippen molar-refractivity contribution in [2.45, 2.75) is 6.92 Å². The summed E-state index contributed by atoms with van der Waals surface area (Å²) < 4.78 is 19.4. The van der Waals surface area contributed by atoms with E-state index in [1.54, 1.807) is 6.07 Å². The van der Waals surface area contributed by atoms with Crippen LogP contribution in [0.4, 0.5) is 10.3 Å². The maximum absolute atomic E-state index is 13.9. The van der Waals surface area contributed by atoms with Gasteiger partial charge in [0.25, 0.3) is 0 Å². The second-order valence-corrected chi connectivity index (χ2v) is 5.76. The standard InChI is InChI=1S/C13H9ClFN3OS/c1-6-5-7-11(17-13(16)18-12(7)20-6)19-9-4-2-3-8(14)10(9)15/h2-5H,1H3,(H2,16,17,18). The van der Waals surface area contributed by atoms with Gasteiger partial charge in [-0.25, -0.2) is 9.37 Å². The number of fused-ring (bicyclic) bond motifs is 1. The van der Waals surface area contributed by atoms with E-state index < -0.39 is 5.82 Å². The normalized spacial score (nSPS) is 10.9. The number of hydrogen-bond acceptors (Lipinski definition) is 5. The van der Waals surface area contributed by atoms with Crippen LogP contribution in [-0.2, 0) is 0 Å². The van der Waals surface area contributed by atoms with Crippen molar-refractivity contribution in [3.05, 3.63) is 40.0 Å². The van der Waals surface area contributed by atoms with Crippen LogP contribution in [0.25, 0.3) is 10.2 Å². The molecular weight excluding hydrogens is 301 g/mol. The summed E-state index contributed by atoms with van der Waals surface area (Å²) in [6.07, 6.45) is 0. The molecular formula is C13H9ClFN3OS. The Bertz CT molecular complexity index is 806. The number of thiophene rings is 1. The van der Waals surface area contributed by atoms with Crippen molar-refractivity contribution in [1.29, 1.82) is 0 Å². The number of halogens is 2. The Morgan fingerprint density at radius 3 is 2.95 bits per heavy atom. The summed E-state index contributed by atoms with van der Waals surface area (Å²) in [5, 5.41) is 0.684. The number of aromatic nitrogens is 2. The van der Waals surface area contributed by atoms with Gasteiger partial charge in [-0.3, -0.25) is 0 Å². The van der Waals surface area contributed by atoms with Crippen molar-refractivity contribution in [2.75, 3.05) is 5.73 Å². The predicted molar refractivity (Wildman–Crippen MR) is 78.0 cm³/mol. The van der Waals surface area contributed by atoms with Gasteiger partial charge >= 0.3 is 0 Å². The first-order valence-electron chi connectivity index (χ1n) is 5.70. The predicted octanol–water partition coefficient (Wildman–Crippen LogP) is 4.17. The van der Waals surface area contributed by atoms with E-state index in [-0.39, 0.29) is 22.6 Å². The number of benzene rings is 1. The van der Waals surface area contributed by atoms with Crippen LogP contribution >= 0.6 is 22.9 Å². The Morgan fingerprint density at radius 1 is 1.35 bits per heavy atom. The van der Waals surface area contributed by atoms with Gasteiger partial charge in [0.15, 0.2) is 11.6 Å². The molecule has 0 saturated heterocycles. The first kappa shape index (κ1) is 13.1. The Kier molecular flexibility index (Phi) is 3.19. The molecule has 0 bridgehead atoms. The zero-order valence-corrected chi connectivity index (χ0v) is 11.9. The van der Waals surface area contributed by atoms with Gasteiger partial charge in [0, 0.05) is 4.88 Å². The molecule has 2 N–H and O–H groups in total. The van der Waals surface area contributed by atoms with Gasteiger partial charge in [-0.05, 0) is 25.1 Å². The van der Waals surface area contributed by atoms with Crippen molar-refractivity contribution in [3.63, 3.8) is 0 Å². The lowest BCUT2D eigenvalue weighted by Crippen LogP contribution is -1.98. The van der Waals surface area contributed by atoms with Crippen molar-refractivity contribution in [2.24, 2.45) is 0 Å². The van der Waals surface area contributed by atoms with Gasteiger partial charge in [0.1, 0.15) is 4.83 Å². The van der Waals surface area contributed by atoms with E-state index in [0.717, 1.165) is 4.88 Å². The lowest BCUT2D eigenvalue weighted by molar-refractivity contribution is 0.432. The molecule has 0 aliphatic carbocycles. The van der Waals surface area contributed by atoms with Gasteiger partial charge in [-0.1, -0.05) is 17.7 Å². The number of aryl methyl sites for hydroxylation is 1. The molecule has 2 heterocycles. The number of hydrogen-bond donors (Lipinski definition) is 1. The molecule has 3 rings (SSSR count). The average molecular weight is 310 g/mol. The third-order valence-electron chi connectivity index (χ3n) is 2.62. The van der Waals surface area contributed by atoms with E-state index >= 15 is 0 Å². The molecule has 102 valence electrons. The molecule has 2 aromatic heterocycles. The van der Waals surface area contributed by atoms with Crippen LogP contribution in [0.15, 0.2) is 24.3 Å². The average Bonchev–Trinajstić information content (AvgIpc) is 2.75. The number of rotatable bonds is 2. The van der Waals surface area contributed by atoms with Crippen molar-refractivity contribution < 1.29 is 9.13 Å². The van der Waals surface area contributed by atoms with E-state index in [2.05, 4.69) is 9.97 Å². The highest BCUT2D eigenvalue weighted by atomic mass is 35.5. The van der Waals surface area contributed by atoms with Crippen molar-refractivity contribution >= 4 is 39.1 Å². The van der Waals surface area contributed by atoms with Gasteiger partial charge < -0.3 is 10.5 Å². The SMILES string of the molecule is Cc1cc2c(Oc3cccc(Cl)c3F)nc(N)nc2s1. The maximum Gasteiger partial charge on any atom is 0.233 e. The molecule has 0 aliphatic rings. The van der Waals surface area contributed by atoms with E-state index in [1.165, 1.54) is 23.5 Å². The molecule has 4 nitrogen and oxygen atoms in total. The van der Waals surface area contributed by atoms with Gasteiger partial charge in [-0.2, -0.15) is 4.98 Å². The number of nitrogens with two attached hydrogens (primary N) is 1. The Morgan fingerprint density at radius 2 is 2.15 bits per heavy atom. The molecule has 7 heteroatoms. The monoisotopic (exact) mass is 309 g/mol. The van der Waals surface area contributed by atoms with E-state index in [9.17, 15) is 4.39 Å². The summed E-state index contributed by atoms with van der Waals surface area (Å²) in [5.74, 6) is -0.331. The van der Waals surface area contributed by atoms with E-state index in [1.807, 2.05) is 13.0 Å². The molecule has 0 aliphatic heterocycles. The summed E-state index contributed by atoms with van der Waals surface area (Å²) in [6.45, 7) is 1.94. The molecule has 0 unspecified atom stereocenters. The number of nitrogens with zero attached hydrogens (tertiary/aromatic N) is 2. The summed E-state index contributed by atoms with van der Waals surface area (Å²) in [4.78, 5) is 9.89. The van der Waals surface area contributed by atoms with Crippen LogP contribution in [0.2, 0.25) is 5.02 Å². The van der Waals surface area contributed by atoms with Crippen LogP contribution < -0.4 is 10.5 Å². The summed E-state index contributed by atoms with van der Waals surface area (Å²) in [5.41, 5.74) is 5.64. The second-order valence-electron chi connectivity index (χ2n) is 4.12. The third kappa shape index (κ3) is 2.28. The van der Waals surface area contributed by atoms with Gasteiger partial charge in [0.05, 0.1) is 10.4 Å². The fraction of sp³-hybridized carbons (Fsp3) is 0.0769. The van der Waals surface area contributed by atoms with Crippen LogP contribution in [-0.4, -0.2) is 9.97 Å². The van der Waals surface area contributed by atoms with Gasteiger partial charge in [-0.15, -0.1) is 11.3 Å². The summed E-state index contributed by atoms with van der Waals surface area (Å²) in [6, 6.07) is 6.39. The van der Waals surface area contributed by atoms with Crippen molar-refractivity contribution in [1.82, 2.24) is 9.97 Å². The molecule has 0 amide bonds. The summed E-state index contributed by atoms with van der Waals surface area (Å²) >= 11 is 7.19. The minimum Gasteiger partial charge on any atom is -0.435 e. The quantitative estimate of drug-likeness (QED) is 0.772.